The van der Waals surface area contributed by atoms with Crippen LogP contribution in [0.3, 0.4) is 0 Å². The molecule has 0 atom stereocenters. The van der Waals surface area contributed by atoms with Crippen molar-refractivity contribution in [3.8, 4) is 6.07 Å². The first-order valence-corrected chi connectivity index (χ1v) is 6.01. The molecule has 8 heteroatoms. The Labute approximate surface area is 107 Å². The highest BCUT2D eigenvalue weighted by molar-refractivity contribution is 7.14. The lowest BCUT2D eigenvalue weighted by Gasteiger charge is -1.99. The molecule has 2 aromatic rings. The fourth-order valence-electron chi connectivity index (χ4n) is 1.31. The summed E-state index contributed by atoms with van der Waals surface area (Å²) in [4.78, 5) is 11.8. The van der Waals surface area contributed by atoms with Crippen molar-refractivity contribution in [1.82, 2.24) is 15.0 Å². The molecule has 0 bridgehead atoms. The quantitative estimate of drug-likeness (QED) is 0.829. The number of anilines is 1. The molecule has 1 amide bonds. The monoisotopic (exact) mass is 262 g/mol. The van der Waals surface area contributed by atoms with Crippen LogP contribution in [0.4, 0.5) is 5.00 Å². The summed E-state index contributed by atoms with van der Waals surface area (Å²) in [5, 5.41) is 21.2. The largest absolute Gasteiger partial charge is 0.329 e. The van der Waals surface area contributed by atoms with E-state index >= 15 is 0 Å². The Morgan fingerprint density at radius 3 is 3.22 bits per heavy atom. The van der Waals surface area contributed by atoms with Crippen molar-refractivity contribution in [1.29, 1.82) is 5.26 Å². The number of hydrogen-bond acceptors (Lipinski definition) is 6. The third-order valence-corrected chi connectivity index (χ3v) is 2.97. The fraction of sp³-hybridized carbons (Fsp3) is 0.200. The summed E-state index contributed by atoms with van der Waals surface area (Å²) in [6, 6.07) is 3.64. The van der Waals surface area contributed by atoms with Gasteiger partial charge < -0.3 is 11.1 Å². The van der Waals surface area contributed by atoms with Crippen LogP contribution in [0.2, 0.25) is 0 Å². The molecule has 0 fully saturated rings. The number of nitrogens with one attached hydrogen (secondary N) is 1. The van der Waals surface area contributed by atoms with Crippen LogP contribution in [0.5, 0.6) is 0 Å². The number of carbonyl (C=O) groups is 1. The number of carbonyl (C=O) groups excluding carboxylic acids is 1. The highest BCUT2D eigenvalue weighted by Gasteiger charge is 2.13. The zero-order valence-electron chi connectivity index (χ0n) is 9.33. The van der Waals surface area contributed by atoms with E-state index in [0.717, 1.165) is 0 Å². The zero-order chi connectivity index (χ0) is 13.0. The Morgan fingerprint density at radius 2 is 2.50 bits per heavy atom. The van der Waals surface area contributed by atoms with Crippen LogP contribution in [0.25, 0.3) is 0 Å². The molecule has 0 spiro atoms. The highest BCUT2D eigenvalue weighted by atomic mass is 32.1. The Morgan fingerprint density at radius 1 is 1.67 bits per heavy atom. The number of nitriles is 1. The van der Waals surface area contributed by atoms with Gasteiger partial charge in [0.25, 0.3) is 5.91 Å². The SMILES string of the molecule is N#Cc1ccsc1NC(=O)c1cn(CCN)nn1. The molecule has 18 heavy (non-hydrogen) atoms. The maximum atomic E-state index is 11.8. The van der Waals surface area contributed by atoms with Gasteiger partial charge in [0, 0.05) is 6.54 Å². The van der Waals surface area contributed by atoms with Crippen molar-refractivity contribution in [2.45, 2.75) is 6.54 Å². The summed E-state index contributed by atoms with van der Waals surface area (Å²) >= 11 is 1.28. The van der Waals surface area contributed by atoms with Gasteiger partial charge in [-0.2, -0.15) is 5.26 Å². The van der Waals surface area contributed by atoms with Crippen LogP contribution in [0, 0.1) is 11.3 Å². The van der Waals surface area contributed by atoms with Crippen molar-refractivity contribution in [3.63, 3.8) is 0 Å². The molecule has 0 saturated carbocycles. The Hall–Kier alpha value is -2.24. The van der Waals surface area contributed by atoms with Crippen LogP contribution in [0.1, 0.15) is 16.1 Å². The van der Waals surface area contributed by atoms with Crippen LogP contribution in [-0.2, 0) is 6.54 Å². The molecule has 0 aliphatic carbocycles. The minimum atomic E-state index is -0.391. The summed E-state index contributed by atoms with van der Waals surface area (Å²) in [6.45, 7) is 0.927. The Balaban J connectivity index is 2.10. The molecule has 0 aliphatic rings. The number of thiophene rings is 1. The molecule has 2 heterocycles. The van der Waals surface area contributed by atoms with E-state index in [1.54, 1.807) is 11.4 Å². The first-order chi connectivity index (χ1) is 8.74. The molecule has 0 radical (unpaired) electrons. The third kappa shape index (κ3) is 2.53. The topological polar surface area (TPSA) is 110 Å². The van der Waals surface area contributed by atoms with Gasteiger partial charge in [-0.05, 0) is 11.4 Å². The van der Waals surface area contributed by atoms with Crippen LogP contribution < -0.4 is 11.1 Å². The van der Waals surface area contributed by atoms with E-state index in [1.807, 2.05) is 6.07 Å². The van der Waals surface area contributed by atoms with E-state index in [9.17, 15) is 4.79 Å². The van der Waals surface area contributed by atoms with Gasteiger partial charge in [0.15, 0.2) is 5.69 Å². The van der Waals surface area contributed by atoms with E-state index in [1.165, 1.54) is 22.2 Å². The second-order valence-electron chi connectivity index (χ2n) is 3.38. The maximum absolute atomic E-state index is 11.8. The lowest BCUT2D eigenvalue weighted by Crippen LogP contribution is -2.12. The summed E-state index contributed by atoms with van der Waals surface area (Å²) in [5.41, 5.74) is 6.00. The molecule has 0 aliphatic heterocycles. The second kappa shape index (κ2) is 5.39. The van der Waals surface area contributed by atoms with Gasteiger partial charge in [0.2, 0.25) is 0 Å². The number of nitrogens with two attached hydrogens (primary N) is 1. The van der Waals surface area contributed by atoms with Crippen molar-refractivity contribution >= 4 is 22.2 Å². The van der Waals surface area contributed by atoms with E-state index < -0.39 is 5.91 Å². The molecular formula is C10H10N6OS. The van der Waals surface area contributed by atoms with Crippen molar-refractivity contribution < 1.29 is 4.79 Å². The smallest absolute Gasteiger partial charge is 0.278 e. The molecule has 0 saturated heterocycles. The molecule has 2 rings (SSSR count). The minimum Gasteiger partial charge on any atom is -0.329 e. The zero-order valence-corrected chi connectivity index (χ0v) is 10.1. The second-order valence-corrected chi connectivity index (χ2v) is 4.30. The lowest BCUT2D eigenvalue weighted by atomic mass is 10.3. The number of rotatable bonds is 4. The van der Waals surface area contributed by atoms with Gasteiger partial charge >= 0.3 is 0 Å². The number of nitrogens with zero attached hydrogens (tertiary/aromatic N) is 4. The molecular weight excluding hydrogens is 252 g/mol. The normalized spacial score (nSPS) is 10.0. The van der Waals surface area contributed by atoms with Crippen molar-refractivity contribution in [3.05, 3.63) is 28.9 Å². The van der Waals surface area contributed by atoms with Gasteiger partial charge in [-0.3, -0.25) is 9.48 Å². The average molecular weight is 262 g/mol. The van der Waals surface area contributed by atoms with E-state index in [-0.39, 0.29) is 5.69 Å². The van der Waals surface area contributed by atoms with Gasteiger partial charge in [-0.15, -0.1) is 16.4 Å². The van der Waals surface area contributed by atoms with Crippen molar-refractivity contribution in [2.75, 3.05) is 11.9 Å². The van der Waals surface area contributed by atoms with E-state index in [0.29, 0.717) is 23.7 Å². The predicted molar refractivity (Wildman–Crippen MR) is 66.1 cm³/mol. The number of aromatic nitrogens is 3. The third-order valence-electron chi connectivity index (χ3n) is 2.14. The molecule has 92 valence electrons. The van der Waals surface area contributed by atoms with Gasteiger partial charge in [-0.25, -0.2) is 0 Å². The maximum Gasteiger partial charge on any atom is 0.278 e. The number of amides is 1. The molecule has 2 aromatic heterocycles. The van der Waals surface area contributed by atoms with Crippen molar-refractivity contribution in [2.24, 2.45) is 5.73 Å². The first-order valence-electron chi connectivity index (χ1n) is 5.13. The van der Waals surface area contributed by atoms with Crippen LogP contribution in [0.15, 0.2) is 17.6 Å². The standard InChI is InChI=1S/C10H10N6OS/c11-2-3-16-6-8(14-15-16)9(17)13-10-7(5-12)1-4-18-10/h1,4,6H,2-3,11H2,(H,13,17). The van der Waals surface area contributed by atoms with E-state index in [2.05, 4.69) is 15.6 Å². The van der Waals surface area contributed by atoms with Crippen LogP contribution in [-0.4, -0.2) is 27.4 Å². The van der Waals surface area contributed by atoms with Crippen LogP contribution >= 0.6 is 11.3 Å². The molecule has 3 N–H and O–H groups in total. The lowest BCUT2D eigenvalue weighted by molar-refractivity contribution is 0.102. The van der Waals surface area contributed by atoms with Gasteiger partial charge in [0.1, 0.15) is 11.1 Å². The number of hydrogen-bond donors (Lipinski definition) is 2. The van der Waals surface area contributed by atoms with Gasteiger partial charge in [0.05, 0.1) is 18.3 Å². The first kappa shape index (κ1) is 12.2. The Bertz CT molecular complexity index is 596. The Kier molecular flexibility index (Phi) is 3.66. The molecule has 0 unspecified atom stereocenters. The summed E-state index contributed by atoms with van der Waals surface area (Å²) in [5.74, 6) is -0.391. The summed E-state index contributed by atoms with van der Waals surface area (Å²) in [6.07, 6.45) is 1.52. The summed E-state index contributed by atoms with van der Waals surface area (Å²) in [7, 11) is 0. The summed E-state index contributed by atoms with van der Waals surface area (Å²) < 4.78 is 1.49. The predicted octanol–water partition coefficient (Wildman–Crippen LogP) is 0.422. The molecule has 0 aromatic carbocycles. The average Bonchev–Trinajstić information content (AvgIpc) is 2.98. The highest BCUT2D eigenvalue weighted by Crippen LogP contribution is 2.22. The van der Waals surface area contributed by atoms with E-state index in [4.69, 9.17) is 11.0 Å². The minimum absolute atomic E-state index is 0.195. The fourth-order valence-corrected chi connectivity index (χ4v) is 2.04. The van der Waals surface area contributed by atoms with Gasteiger partial charge in [-0.1, -0.05) is 5.21 Å². The molecule has 7 nitrogen and oxygen atoms in total.